The quantitative estimate of drug-likeness (QED) is 0.196. The molecule has 35 heavy (non-hydrogen) atoms. The molecule has 4 heterocycles. The van der Waals surface area contributed by atoms with E-state index >= 15 is 0 Å². The molecule has 0 aliphatic rings. The van der Waals surface area contributed by atoms with Gasteiger partial charge in [0.05, 0.1) is 0 Å². The van der Waals surface area contributed by atoms with E-state index in [1.54, 1.807) is 0 Å². The zero-order valence-electron chi connectivity index (χ0n) is 20.1. The molecule has 0 unspecified atom stereocenters. The summed E-state index contributed by atoms with van der Waals surface area (Å²) in [5, 5.41) is 2.54. The fourth-order valence-electron chi connectivity index (χ4n) is 5.59. The molecular formula is C30H28N4Sn. The number of hydrogen-bond acceptors (Lipinski definition) is 2. The predicted octanol–water partition coefficient (Wildman–Crippen LogP) is 7.60. The third-order valence-corrected chi connectivity index (χ3v) is 21.2. The van der Waals surface area contributed by atoms with Crippen molar-refractivity contribution >= 4 is 40.7 Å². The Kier molecular flexibility index (Phi) is 5.69. The second-order valence-electron chi connectivity index (χ2n) is 8.97. The number of aromatic nitrogens is 4. The van der Waals surface area contributed by atoms with E-state index < -0.39 is 18.9 Å². The number of fused-ring (bicyclic) bond motifs is 2. The van der Waals surface area contributed by atoms with Crippen LogP contribution in [-0.2, 0) is 0 Å². The normalized spacial score (nSPS) is 11.9. The molecule has 0 saturated heterocycles. The van der Waals surface area contributed by atoms with Gasteiger partial charge >= 0.3 is 211 Å². The van der Waals surface area contributed by atoms with Crippen LogP contribution in [0.2, 0.25) is 8.87 Å². The van der Waals surface area contributed by atoms with Crippen LogP contribution in [0.3, 0.4) is 0 Å². The summed E-state index contributed by atoms with van der Waals surface area (Å²) < 4.78 is 7.68. The summed E-state index contributed by atoms with van der Waals surface area (Å²) in [7, 11) is 0. The monoisotopic (exact) mass is 564 g/mol. The van der Waals surface area contributed by atoms with Gasteiger partial charge in [-0.2, -0.15) is 0 Å². The first-order valence-corrected chi connectivity index (χ1v) is 18.9. The van der Waals surface area contributed by atoms with Crippen LogP contribution in [0.5, 0.6) is 0 Å². The van der Waals surface area contributed by atoms with Crippen LogP contribution in [0.25, 0.3) is 44.6 Å². The van der Waals surface area contributed by atoms with Gasteiger partial charge in [0.1, 0.15) is 0 Å². The summed E-state index contributed by atoms with van der Waals surface area (Å²) in [5.74, 6) is 0. The molecule has 0 bridgehead atoms. The summed E-state index contributed by atoms with van der Waals surface area (Å²) in [6.45, 7) is 4.76. The Bertz CT molecular complexity index is 1490. The maximum atomic E-state index is 4.80. The van der Waals surface area contributed by atoms with Gasteiger partial charge in [-0.25, -0.2) is 0 Å². The van der Waals surface area contributed by atoms with E-state index in [9.17, 15) is 0 Å². The van der Waals surface area contributed by atoms with Crippen molar-refractivity contribution in [1.29, 1.82) is 0 Å². The fraction of sp³-hybridized carbons (Fsp3) is 0.133. The summed E-state index contributed by atoms with van der Waals surface area (Å²) in [6, 6.07) is 34.7. The van der Waals surface area contributed by atoms with E-state index in [1.165, 1.54) is 33.2 Å². The number of pyridine rings is 2. The molecule has 4 aromatic heterocycles. The van der Waals surface area contributed by atoms with Gasteiger partial charge in [-0.3, -0.25) is 0 Å². The number of benzene rings is 2. The van der Waals surface area contributed by atoms with Crippen molar-refractivity contribution in [2.75, 3.05) is 0 Å². The van der Waals surface area contributed by atoms with E-state index in [1.807, 2.05) is 24.5 Å². The molecule has 0 amide bonds. The zero-order valence-corrected chi connectivity index (χ0v) is 22.9. The molecule has 0 atom stereocenters. The van der Waals surface area contributed by atoms with Crippen LogP contribution < -0.4 is 0 Å². The van der Waals surface area contributed by atoms with Gasteiger partial charge in [0.15, 0.2) is 0 Å². The molecule has 0 aliphatic heterocycles. The molecule has 0 fully saturated rings. The first-order valence-electron chi connectivity index (χ1n) is 12.3. The zero-order chi connectivity index (χ0) is 23.8. The second-order valence-corrected chi connectivity index (χ2v) is 21.2. The van der Waals surface area contributed by atoms with Gasteiger partial charge in [0.2, 0.25) is 0 Å². The van der Waals surface area contributed by atoms with Crippen molar-refractivity contribution in [3.05, 3.63) is 109 Å². The van der Waals surface area contributed by atoms with Crippen LogP contribution in [0.15, 0.2) is 109 Å². The molecule has 2 aromatic carbocycles. The van der Waals surface area contributed by atoms with Crippen molar-refractivity contribution < 1.29 is 0 Å². The molecule has 4 nitrogen and oxygen atoms in total. The minimum absolute atomic E-state index is 1.03. The second kappa shape index (κ2) is 9.00. The van der Waals surface area contributed by atoms with Gasteiger partial charge in [-0.05, 0) is 0 Å². The van der Waals surface area contributed by atoms with E-state index in [4.69, 9.17) is 9.97 Å². The molecule has 0 N–H and O–H groups in total. The Balaban J connectivity index is 1.76. The van der Waals surface area contributed by atoms with Gasteiger partial charge in [-0.1, -0.05) is 0 Å². The summed E-state index contributed by atoms with van der Waals surface area (Å²) in [6.07, 6.45) is 3.80. The van der Waals surface area contributed by atoms with E-state index in [2.05, 4.69) is 104 Å². The van der Waals surface area contributed by atoms with E-state index in [0.29, 0.717) is 0 Å². The Morgan fingerprint density at radius 2 is 1.00 bits per heavy atom. The fourth-order valence-corrected chi connectivity index (χ4v) is 18.5. The summed E-state index contributed by atoms with van der Waals surface area (Å²) >= 11 is -3.47. The summed E-state index contributed by atoms with van der Waals surface area (Å²) in [4.78, 5) is 9.60. The van der Waals surface area contributed by atoms with Gasteiger partial charge < -0.3 is 0 Å². The molecule has 172 valence electrons. The predicted molar refractivity (Wildman–Crippen MR) is 148 cm³/mol. The number of para-hydroxylation sites is 2. The van der Waals surface area contributed by atoms with Crippen molar-refractivity contribution in [1.82, 2.24) is 15.5 Å². The topological polar surface area (TPSA) is 35.6 Å². The minimum atomic E-state index is -3.47. The Morgan fingerprint density at radius 1 is 0.571 bits per heavy atom. The van der Waals surface area contributed by atoms with Gasteiger partial charge in [0.25, 0.3) is 0 Å². The molecule has 6 aromatic rings. The number of rotatable bonds is 6. The summed E-state index contributed by atoms with van der Waals surface area (Å²) in [5.41, 5.74) is 7.10. The maximum absolute atomic E-state index is 4.80. The van der Waals surface area contributed by atoms with Crippen molar-refractivity contribution in [2.24, 2.45) is 0 Å². The SMILES string of the molecule is C[CH2][Sn]([CH2]C)([n]1c(-c2ccccn2)cc2ccccc21)[n]1c(-c2ccccn2)cc2ccccc21. The Labute approximate surface area is 210 Å². The first kappa shape index (κ1) is 22.1. The first-order chi connectivity index (χ1) is 17.3. The molecule has 0 saturated carbocycles. The molecule has 0 aliphatic carbocycles. The molecule has 0 radical (unpaired) electrons. The van der Waals surface area contributed by atoms with Crippen molar-refractivity contribution in [3.63, 3.8) is 0 Å². The van der Waals surface area contributed by atoms with Gasteiger partial charge in [-0.15, -0.1) is 0 Å². The molecule has 0 spiro atoms. The number of hydrogen-bond donors (Lipinski definition) is 0. The molecular weight excluding hydrogens is 535 g/mol. The van der Waals surface area contributed by atoms with Crippen LogP contribution >= 0.6 is 0 Å². The Morgan fingerprint density at radius 3 is 1.40 bits per heavy atom. The third kappa shape index (κ3) is 3.50. The van der Waals surface area contributed by atoms with E-state index in [0.717, 1.165) is 20.3 Å². The average Bonchev–Trinajstić information content (AvgIpc) is 3.52. The van der Waals surface area contributed by atoms with Gasteiger partial charge in [0, 0.05) is 0 Å². The van der Waals surface area contributed by atoms with E-state index in [-0.39, 0.29) is 0 Å². The third-order valence-electron chi connectivity index (χ3n) is 7.24. The average molecular weight is 563 g/mol. The Hall–Kier alpha value is -3.38. The van der Waals surface area contributed by atoms with Crippen molar-refractivity contribution in [3.8, 4) is 22.8 Å². The van der Waals surface area contributed by atoms with Crippen LogP contribution in [0.4, 0.5) is 0 Å². The van der Waals surface area contributed by atoms with Crippen LogP contribution in [-0.4, -0.2) is 34.5 Å². The van der Waals surface area contributed by atoms with Crippen LogP contribution in [0, 0.1) is 0 Å². The molecule has 6 rings (SSSR count). The standard InChI is InChI=1S/2C13H9N2.2C2H5.Sn/c2*1-2-6-11-10(5-1)9-13(15-11)12-7-3-4-8-14-12;2*1-2;/h2*1-9H;2*1H2,2H3;/q2*-1;;;+2. The van der Waals surface area contributed by atoms with Crippen molar-refractivity contribution in [2.45, 2.75) is 22.7 Å². The molecule has 5 heteroatoms. The van der Waals surface area contributed by atoms with Crippen LogP contribution in [0.1, 0.15) is 13.8 Å². The number of nitrogens with zero attached hydrogens (tertiary/aromatic N) is 4.